The molecule has 0 bridgehead atoms. The molecule has 1 fully saturated rings. The van der Waals surface area contributed by atoms with Crippen molar-refractivity contribution in [3.63, 3.8) is 0 Å². The molecule has 0 amide bonds. The summed E-state index contributed by atoms with van der Waals surface area (Å²) in [6.07, 6.45) is 3.26. The van der Waals surface area contributed by atoms with Gasteiger partial charge in [0.1, 0.15) is 0 Å². The number of rotatable bonds is 2. The molecule has 64 valence electrons. The molecule has 0 saturated carbocycles. The molecule has 1 saturated heterocycles. The van der Waals surface area contributed by atoms with E-state index in [1.807, 2.05) is 6.08 Å². The summed E-state index contributed by atoms with van der Waals surface area (Å²) in [5, 5.41) is 0. The number of hydrogen-bond acceptors (Lipinski definition) is 1. The molecular weight excluding hydrogens is 202 g/mol. The van der Waals surface area contributed by atoms with Crippen LogP contribution in [0.15, 0.2) is 12.7 Å². The number of piperidine rings is 1. The van der Waals surface area contributed by atoms with E-state index in [4.69, 9.17) is 0 Å². The van der Waals surface area contributed by atoms with Crippen LogP contribution in [0.1, 0.15) is 13.3 Å². The summed E-state index contributed by atoms with van der Waals surface area (Å²) in [6.45, 7) is 9.52. The van der Waals surface area contributed by atoms with Crippen LogP contribution in [-0.2, 0) is 0 Å². The van der Waals surface area contributed by atoms with Crippen molar-refractivity contribution in [2.45, 2.75) is 18.2 Å². The third-order valence-corrected chi connectivity index (χ3v) is 3.63. The summed E-state index contributed by atoms with van der Waals surface area (Å²) >= 11 is 3.68. The first-order valence-electron chi connectivity index (χ1n) is 4.21. The molecule has 0 aromatic heterocycles. The minimum atomic E-state index is 0.726. The van der Waals surface area contributed by atoms with Gasteiger partial charge in [0, 0.05) is 17.9 Å². The van der Waals surface area contributed by atoms with Crippen LogP contribution < -0.4 is 0 Å². The smallest absolute Gasteiger partial charge is 0.0195 e. The molecule has 1 aliphatic rings. The molecular formula is C9H16BrN. The Labute approximate surface area is 77.6 Å². The first kappa shape index (κ1) is 9.27. The van der Waals surface area contributed by atoms with E-state index in [1.165, 1.54) is 19.5 Å². The fourth-order valence-electron chi connectivity index (χ4n) is 1.55. The lowest BCUT2D eigenvalue weighted by atomic mass is 10.0. The largest absolute Gasteiger partial charge is 0.299 e. The van der Waals surface area contributed by atoms with Crippen molar-refractivity contribution in [3.05, 3.63) is 12.7 Å². The van der Waals surface area contributed by atoms with Crippen LogP contribution in [0.2, 0.25) is 0 Å². The summed E-state index contributed by atoms with van der Waals surface area (Å²) in [5.41, 5.74) is 0. The monoisotopic (exact) mass is 217 g/mol. The van der Waals surface area contributed by atoms with Gasteiger partial charge in [0.15, 0.2) is 0 Å². The number of alkyl halides is 1. The van der Waals surface area contributed by atoms with Crippen LogP contribution in [0.25, 0.3) is 0 Å². The molecule has 0 aromatic rings. The molecule has 1 nitrogen and oxygen atoms in total. The zero-order chi connectivity index (χ0) is 8.27. The summed E-state index contributed by atoms with van der Waals surface area (Å²) < 4.78 is 0. The summed E-state index contributed by atoms with van der Waals surface area (Å²) in [6, 6.07) is 0. The van der Waals surface area contributed by atoms with E-state index in [-0.39, 0.29) is 0 Å². The van der Waals surface area contributed by atoms with Gasteiger partial charge in [0.2, 0.25) is 0 Å². The van der Waals surface area contributed by atoms with Gasteiger partial charge in [0.25, 0.3) is 0 Å². The zero-order valence-corrected chi connectivity index (χ0v) is 8.68. The molecule has 0 radical (unpaired) electrons. The van der Waals surface area contributed by atoms with Crippen molar-refractivity contribution in [1.82, 2.24) is 4.90 Å². The molecule has 11 heavy (non-hydrogen) atoms. The van der Waals surface area contributed by atoms with Gasteiger partial charge in [-0.2, -0.15) is 0 Å². The van der Waals surface area contributed by atoms with E-state index in [1.54, 1.807) is 0 Å². The van der Waals surface area contributed by atoms with Crippen LogP contribution in [0.5, 0.6) is 0 Å². The van der Waals surface area contributed by atoms with Gasteiger partial charge in [0.05, 0.1) is 0 Å². The Bertz CT molecular complexity index is 136. The average molecular weight is 218 g/mol. The molecule has 0 N–H and O–H groups in total. The Morgan fingerprint density at radius 2 is 2.45 bits per heavy atom. The lowest BCUT2D eigenvalue weighted by Crippen LogP contribution is -2.39. The maximum Gasteiger partial charge on any atom is 0.0195 e. The molecule has 1 aliphatic heterocycles. The molecule has 0 spiro atoms. The van der Waals surface area contributed by atoms with Gasteiger partial charge >= 0.3 is 0 Å². The van der Waals surface area contributed by atoms with Crippen LogP contribution in [0.4, 0.5) is 0 Å². The van der Waals surface area contributed by atoms with Crippen molar-refractivity contribution < 1.29 is 0 Å². The Kier molecular flexibility index (Phi) is 3.60. The van der Waals surface area contributed by atoms with Gasteiger partial charge in [-0.25, -0.2) is 0 Å². The third-order valence-electron chi connectivity index (χ3n) is 2.27. The van der Waals surface area contributed by atoms with Crippen LogP contribution in [0.3, 0.4) is 0 Å². The van der Waals surface area contributed by atoms with Gasteiger partial charge in [-0.3, -0.25) is 4.90 Å². The highest BCUT2D eigenvalue weighted by Gasteiger charge is 2.22. The third kappa shape index (κ3) is 2.60. The number of nitrogens with zero attached hydrogens (tertiary/aromatic N) is 1. The summed E-state index contributed by atoms with van der Waals surface area (Å²) in [7, 11) is 0. The topological polar surface area (TPSA) is 3.24 Å². The SMILES string of the molecule is C=CCN1CCC(Br)C(C)C1. The fourth-order valence-corrected chi connectivity index (χ4v) is 1.92. The van der Waals surface area contributed by atoms with E-state index < -0.39 is 0 Å². The summed E-state index contributed by atoms with van der Waals surface area (Å²) in [4.78, 5) is 3.18. The van der Waals surface area contributed by atoms with Gasteiger partial charge in [-0.05, 0) is 18.9 Å². The minimum absolute atomic E-state index is 0.726. The molecule has 2 atom stereocenters. The first-order chi connectivity index (χ1) is 5.24. The van der Waals surface area contributed by atoms with Crippen molar-refractivity contribution in [1.29, 1.82) is 0 Å². The zero-order valence-electron chi connectivity index (χ0n) is 7.09. The van der Waals surface area contributed by atoms with Crippen molar-refractivity contribution >= 4 is 15.9 Å². The normalized spacial score (nSPS) is 33.6. The second kappa shape index (κ2) is 4.27. The number of halogens is 1. The van der Waals surface area contributed by atoms with Crippen molar-refractivity contribution in [2.75, 3.05) is 19.6 Å². The Morgan fingerprint density at radius 1 is 1.73 bits per heavy atom. The molecule has 2 heteroatoms. The summed E-state index contributed by atoms with van der Waals surface area (Å²) in [5.74, 6) is 0.781. The Hall–Kier alpha value is 0.180. The Morgan fingerprint density at radius 3 is 3.00 bits per heavy atom. The average Bonchev–Trinajstić information content (AvgIpc) is 1.98. The second-order valence-corrected chi connectivity index (χ2v) is 4.51. The standard InChI is InChI=1S/C9H16BrN/c1-3-5-11-6-4-9(10)8(2)7-11/h3,8-9H,1,4-7H2,2H3. The highest BCUT2D eigenvalue weighted by molar-refractivity contribution is 9.09. The van der Waals surface area contributed by atoms with Gasteiger partial charge < -0.3 is 0 Å². The first-order valence-corrected chi connectivity index (χ1v) is 5.13. The van der Waals surface area contributed by atoms with Crippen LogP contribution >= 0.6 is 15.9 Å². The number of likely N-dealkylation sites (tertiary alicyclic amines) is 1. The van der Waals surface area contributed by atoms with E-state index >= 15 is 0 Å². The van der Waals surface area contributed by atoms with E-state index in [0.717, 1.165) is 17.3 Å². The van der Waals surface area contributed by atoms with Crippen LogP contribution in [-0.4, -0.2) is 29.4 Å². The highest BCUT2D eigenvalue weighted by atomic mass is 79.9. The van der Waals surface area contributed by atoms with E-state index in [9.17, 15) is 0 Å². The van der Waals surface area contributed by atoms with Crippen molar-refractivity contribution in [2.24, 2.45) is 5.92 Å². The lowest BCUT2D eigenvalue weighted by Gasteiger charge is -2.33. The second-order valence-electron chi connectivity index (χ2n) is 3.33. The predicted octanol–water partition coefficient (Wildman–Crippen LogP) is 2.28. The van der Waals surface area contributed by atoms with Gasteiger partial charge in [-0.1, -0.05) is 28.9 Å². The molecule has 0 aromatic carbocycles. The van der Waals surface area contributed by atoms with E-state index in [0.29, 0.717) is 0 Å². The molecule has 2 unspecified atom stereocenters. The van der Waals surface area contributed by atoms with Crippen molar-refractivity contribution in [3.8, 4) is 0 Å². The lowest BCUT2D eigenvalue weighted by molar-refractivity contribution is 0.209. The minimum Gasteiger partial charge on any atom is -0.299 e. The van der Waals surface area contributed by atoms with E-state index in [2.05, 4.69) is 34.3 Å². The number of hydrogen-bond donors (Lipinski definition) is 0. The van der Waals surface area contributed by atoms with Crippen LogP contribution in [0, 0.1) is 5.92 Å². The highest BCUT2D eigenvalue weighted by Crippen LogP contribution is 2.22. The maximum absolute atomic E-state index is 3.75. The molecule has 1 heterocycles. The molecule has 0 aliphatic carbocycles. The fraction of sp³-hybridized carbons (Fsp3) is 0.778. The Balaban J connectivity index is 2.33. The quantitative estimate of drug-likeness (QED) is 0.507. The molecule has 1 rings (SSSR count). The maximum atomic E-state index is 3.75. The van der Waals surface area contributed by atoms with Gasteiger partial charge in [-0.15, -0.1) is 6.58 Å². The predicted molar refractivity (Wildman–Crippen MR) is 53.1 cm³/mol.